The van der Waals surface area contributed by atoms with Crippen LogP contribution in [-0.2, 0) is 0 Å². The van der Waals surface area contributed by atoms with E-state index >= 15 is 0 Å². The molecule has 1 saturated heterocycles. The molecule has 2 rings (SSSR count). The Morgan fingerprint density at radius 1 is 1.50 bits per heavy atom. The molecular formula is C13H15F2NO2. The summed E-state index contributed by atoms with van der Waals surface area (Å²) in [4.78, 5) is 13.5. The fraction of sp³-hybridized carbons (Fsp3) is 0.462. The van der Waals surface area contributed by atoms with Crippen molar-refractivity contribution in [2.75, 3.05) is 13.1 Å². The van der Waals surface area contributed by atoms with E-state index < -0.39 is 23.6 Å². The maximum absolute atomic E-state index is 13.5. The summed E-state index contributed by atoms with van der Waals surface area (Å²) in [5.41, 5.74) is -0.123. The second kappa shape index (κ2) is 5.02. The number of amides is 1. The zero-order valence-electron chi connectivity index (χ0n) is 10.1. The van der Waals surface area contributed by atoms with Crippen LogP contribution in [0.1, 0.15) is 23.7 Å². The minimum Gasteiger partial charge on any atom is -0.393 e. The largest absolute Gasteiger partial charge is 0.393 e. The number of hydrogen-bond donors (Lipinski definition) is 1. The number of carbonyl (C=O) groups is 1. The van der Waals surface area contributed by atoms with Crippen LogP contribution in [0.25, 0.3) is 0 Å². The SMILES string of the molecule is CC(O)C1CCN(C(=O)c2ccc(F)cc2F)C1. The van der Waals surface area contributed by atoms with Crippen molar-refractivity contribution in [3.05, 3.63) is 35.4 Å². The number of likely N-dealkylation sites (tertiary alicyclic amines) is 1. The van der Waals surface area contributed by atoms with Crippen molar-refractivity contribution in [3.8, 4) is 0 Å². The summed E-state index contributed by atoms with van der Waals surface area (Å²) >= 11 is 0. The molecule has 0 aliphatic carbocycles. The van der Waals surface area contributed by atoms with E-state index in [1.54, 1.807) is 6.92 Å². The topological polar surface area (TPSA) is 40.5 Å². The normalized spacial score (nSPS) is 21.1. The van der Waals surface area contributed by atoms with Gasteiger partial charge in [0.1, 0.15) is 11.6 Å². The van der Waals surface area contributed by atoms with Crippen molar-refractivity contribution >= 4 is 5.91 Å². The van der Waals surface area contributed by atoms with Crippen LogP contribution in [-0.4, -0.2) is 35.1 Å². The van der Waals surface area contributed by atoms with Crippen LogP contribution in [0.5, 0.6) is 0 Å². The molecular weight excluding hydrogens is 240 g/mol. The fourth-order valence-corrected chi connectivity index (χ4v) is 2.20. The van der Waals surface area contributed by atoms with Crippen molar-refractivity contribution in [2.24, 2.45) is 5.92 Å². The molecule has 1 fully saturated rings. The Balaban J connectivity index is 2.13. The molecule has 1 aromatic rings. The zero-order chi connectivity index (χ0) is 13.3. The van der Waals surface area contributed by atoms with Gasteiger partial charge in [0.25, 0.3) is 5.91 Å². The lowest BCUT2D eigenvalue weighted by atomic mass is 10.0. The highest BCUT2D eigenvalue weighted by atomic mass is 19.1. The van der Waals surface area contributed by atoms with Gasteiger partial charge in [-0.3, -0.25) is 4.79 Å². The third kappa shape index (κ3) is 2.51. The van der Waals surface area contributed by atoms with E-state index in [1.807, 2.05) is 0 Å². The molecule has 2 atom stereocenters. The lowest BCUT2D eigenvalue weighted by Gasteiger charge is -2.18. The predicted octanol–water partition coefficient (Wildman–Crippen LogP) is 1.81. The van der Waals surface area contributed by atoms with E-state index in [4.69, 9.17) is 0 Å². The highest BCUT2D eigenvalue weighted by molar-refractivity contribution is 5.94. The van der Waals surface area contributed by atoms with Crippen molar-refractivity contribution < 1.29 is 18.7 Å². The van der Waals surface area contributed by atoms with Crippen LogP contribution in [0.15, 0.2) is 18.2 Å². The summed E-state index contributed by atoms with van der Waals surface area (Å²) in [5, 5.41) is 9.45. The Morgan fingerprint density at radius 2 is 2.22 bits per heavy atom. The highest BCUT2D eigenvalue weighted by Crippen LogP contribution is 2.22. The second-order valence-corrected chi connectivity index (χ2v) is 4.66. The average molecular weight is 255 g/mol. The van der Waals surface area contributed by atoms with Gasteiger partial charge in [-0.2, -0.15) is 0 Å². The quantitative estimate of drug-likeness (QED) is 0.875. The lowest BCUT2D eigenvalue weighted by Crippen LogP contribution is -2.31. The molecule has 1 heterocycles. The van der Waals surface area contributed by atoms with Crippen molar-refractivity contribution in [1.29, 1.82) is 0 Å². The smallest absolute Gasteiger partial charge is 0.256 e. The van der Waals surface area contributed by atoms with Crippen LogP contribution in [0.2, 0.25) is 0 Å². The Kier molecular flexibility index (Phi) is 3.61. The summed E-state index contributed by atoms with van der Waals surface area (Å²) in [5.74, 6) is -1.97. The molecule has 98 valence electrons. The molecule has 2 unspecified atom stereocenters. The van der Waals surface area contributed by atoms with Crippen LogP contribution in [0.3, 0.4) is 0 Å². The Morgan fingerprint density at radius 3 is 2.78 bits per heavy atom. The third-order valence-corrected chi connectivity index (χ3v) is 3.36. The van der Waals surface area contributed by atoms with Crippen LogP contribution in [0, 0.1) is 17.6 Å². The molecule has 0 radical (unpaired) electrons. The maximum Gasteiger partial charge on any atom is 0.256 e. The minimum atomic E-state index is -0.847. The second-order valence-electron chi connectivity index (χ2n) is 4.66. The molecule has 1 aliphatic heterocycles. The van der Waals surface area contributed by atoms with Gasteiger partial charge in [-0.05, 0) is 25.5 Å². The molecule has 0 aromatic heterocycles. The Labute approximate surface area is 104 Å². The predicted molar refractivity (Wildman–Crippen MR) is 62.0 cm³/mol. The van der Waals surface area contributed by atoms with E-state index in [0.717, 1.165) is 12.1 Å². The van der Waals surface area contributed by atoms with Gasteiger partial charge in [-0.25, -0.2) is 8.78 Å². The van der Waals surface area contributed by atoms with Crippen LogP contribution < -0.4 is 0 Å². The minimum absolute atomic E-state index is 0.0254. The molecule has 1 amide bonds. The number of rotatable bonds is 2. The number of aliphatic hydroxyl groups is 1. The molecule has 0 spiro atoms. The van der Waals surface area contributed by atoms with Gasteiger partial charge in [-0.1, -0.05) is 0 Å². The first kappa shape index (κ1) is 13.0. The lowest BCUT2D eigenvalue weighted by molar-refractivity contribution is 0.0758. The number of carbonyl (C=O) groups excluding carboxylic acids is 1. The maximum atomic E-state index is 13.5. The average Bonchev–Trinajstić information content (AvgIpc) is 2.77. The van der Waals surface area contributed by atoms with Gasteiger partial charge in [0.2, 0.25) is 0 Å². The molecule has 1 aliphatic rings. The van der Waals surface area contributed by atoms with Gasteiger partial charge >= 0.3 is 0 Å². The fourth-order valence-electron chi connectivity index (χ4n) is 2.20. The van der Waals surface area contributed by atoms with Gasteiger partial charge in [-0.15, -0.1) is 0 Å². The van der Waals surface area contributed by atoms with Crippen molar-refractivity contribution in [1.82, 2.24) is 4.90 Å². The van der Waals surface area contributed by atoms with E-state index in [1.165, 1.54) is 4.90 Å². The number of hydrogen-bond acceptors (Lipinski definition) is 2. The zero-order valence-corrected chi connectivity index (χ0v) is 10.1. The molecule has 1 aromatic carbocycles. The summed E-state index contributed by atoms with van der Waals surface area (Å²) in [6.07, 6.45) is 0.215. The Hall–Kier alpha value is -1.49. The number of nitrogens with zero attached hydrogens (tertiary/aromatic N) is 1. The monoisotopic (exact) mass is 255 g/mol. The standard InChI is InChI=1S/C13H15F2NO2/c1-8(17)9-4-5-16(7-9)13(18)11-3-2-10(14)6-12(11)15/h2-3,6,8-9,17H,4-5,7H2,1H3. The molecule has 0 saturated carbocycles. The van der Waals surface area contributed by atoms with Gasteiger partial charge in [0, 0.05) is 25.1 Å². The number of aliphatic hydroxyl groups excluding tert-OH is 1. The first-order chi connectivity index (χ1) is 8.49. The van der Waals surface area contributed by atoms with Gasteiger partial charge in [0.15, 0.2) is 0 Å². The van der Waals surface area contributed by atoms with E-state index in [0.29, 0.717) is 25.6 Å². The summed E-state index contributed by atoms with van der Waals surface area (Å²) in [6.45, 7) is 2.58. The van der Waals surface area contributed by atoms with E-state index in [-0.39, 0.29) is 11.5 Å². The molecule has 18 heavy (non-hydrogen) atoms. The van der Waals surface area contributed by atoms with Crippen LogP contribution >= 0.6 is 0 Å². The summed E-state index contributed by atoms with van der Waals surface area (Å²) < 4.78 is 26.2. The van der Waals surface area contributed by atoms with Gasteiger partial charge < -0.3 is 10.0 Å². The van der Waals surface area contributed by atoms with Crippen molar-refractivity contribution in [2.45, 2.75) is 19.4 Å². The highest BCUT2D eigenvalue weighted by Gasteiger charge is 2.30. The molecule has 1 N–H and O–H groups in total. The van der Waals surface area contributed by atoms with Crippen LogP contribution in [0.4, 0.5) is 8.78 Å². The molecule has 3 nitrogen and oxygen atoms in total. The molecule has 0 bridgehead atoms. The Bertz CT molecular complexity index is 462. The van der Waals surface area contributed by atoms with E-state index in [9.17, 15) is 18.7 Å². The first-order valence-electron chi connectivity index (χ1n) is 5.91. The number of benzene rings is 1. The molecule has 5 heteroatoms. The third-order valence-electron chi connectivity index (χ3n) is 3.36. The summed E-state index contributed by atoms with van der Waals surface area (Å²) in [7, 11) is 0. The van der Waals surface area contributed by atoms with Crippen molar-refractivity contribution in [3.63, 3.8) is 0 Å². The summed E-state index contributed by atoms with van der Waals surface area (Å²) in [6, 6.07) is 2.93. The van der Waals surface area contributed by atoms with E-state index in [2.05, 4.69) is 0 Å². The first-order valence-corrected chi connectivity index (χ1v) is 5.91. The number of halogens is 2. The van der Waals surface area contributed by atoms with Gasteiger partial charge in [0.05, 0.1) is 11.7 Å².